The molecule has 0 radical (unpaired) electrons. The van der Waals surface area contributed by atoms with Crippen LogP contribution >= 0.6 is 0 Å². The molecule has 144 valence electrons. The Labute approximate surface area is 153 Å². The Morgan fingerprint density at radius 1 is 1.12 bits per heavy atom. The van der Waals surface area contributed by atoms with Crippen LogP contribution in [-0.4, -0.2) is 56.7 Å². The standard InChI is InChI=1S/C19H28F2N4O/c20-17-5-4-16(12-18(17)21)25-11-6-15(14-25)13-23-19(26)22-7-3-10-24-8-1-2-9-24/h4-5,12,15H,1-3,6-11,13-14H2,(H2,22,23,26)/t15-/m0/s1. The van der Waals surface area contributed by atoms with Crippen LogP contribution in [-0.2, 0) is 0 Å². The summed E-state index contributed by atoms with van der Waals surface area (Å²) in [5.74, 6) is -1.33. The second-order valence-electron chi connectivity index (χ2n) is 7.24. The second-order valence-corrected chi connectivity index (χ2v) is 7.24. The molecule has 2 saturated heterocycles. The SMILES string of the molecule is O=C(NCCCN1CCCC1)NC[C@@H]1CCN(c2ccc(F)c(F)c2)C1. The summed E-state index contributed by atoms with van der Waals surface area (Å²) in [6.45, 7) is 6.22. The Balaban J connectivity index is 1.31. The summed E-state index contributed by atoms with van der Waals surface area (Å²) in [5, 5.41) is 5.83. The lowest BCUT2D eigenvalue weighted by molar-refractivity contribution is 0.238. The molecule has 0 saturated carbocycles. The summed E-state index contributed by atoms with van der Waals surface area (Å²) < 4.78 is 26.4. The van der Waals surface area contributed by atoms with Gasteiger partial charge in [-0.1, -0.05) is 0 Å². The summed E-state index contributed by atoms with van der Waals surface area (Å²) in [6.07, 6.45) is 4.47. The van der Waals surface area contributed by atoms with Gasteiger partial charge in [0.2, 0.25) is 0 Å². The monoisotopic (exact) mass is 366 g/mol. The van der Waals surface area contributed by atoms with Gasteiger partial charge in [-0.2, -0.15) is 0 Å². The van der Waals surface area contributed by atoms with Gasteiger partial charge >= 0.3 is 6.03 Å². The van der Waals surface area contributed by atoms with Gasteiger partial charge in [-0.3, -0.25) is 0 Å². The molecule has 0 unspecified atom stereocenters. The van der Waals surface area contributed by atoms with Crippen LogP contribution in [0.2, 0.25) is 0 Å². The minimum Gasteiger partial charge on any atom is -0.371 e. The summed E-state index contributed by atoms with van der Waals surface area (Å²) in [7, 11) is 0. The van der Waals surface area contributed by atoms with E-state index in [9.17, 15) is 13.6 Å². The van der Waals surface area contributed by atoms with Crippen molar-refractivity contribution in [2.24, 2.45) is 5.92 Å². The molecular formula is C19H28F2N4O. The maximum absolute atomic E-state index is 13.4. The average Bonchev–Trinajstić information content (AvgIpc) is 3.31. The first-order valence-electron chi connectivity index (χ1n) is 9.56. The van der Waals surface area contributed by atoms with Crippen molar-refractivity contribution in [2.45, 2.75) is 25.7 Å². The molecule has 26 heavy (non-hydrogen) atoms. The predicted molar refractivity (Wildman–Crippen MR) is 98.4 cm³/mol. The van der Waals surface area contributed by atoms with Crippen LogP contribution in [0.15, 0.2) is 18.2 Å². The zero-order valence-electron chi connectivity index (χ0n) is 15.1. The molecule has 7 heteroatoms. The first-order valence-corrected chi connectivity index (χ1v) is 9.56. The smallest absolute Gasteiger partial charge is 0.314 e. The fraction of sp³-hybridized carbons (Fsp3) is 0.632. The van der Waals surface area contributed by atoms with Crippen molar-refractivity contribution in [3.8, 4) is 0 Å². The number of carbonyl (C=O) groups excluding carboxylic acids is 1. The van der Waals surface area contributed by atoms with Crippen molar-refractivity contribution < 1.29 is 13.6 Å². The molecule has 5 nitrogen and oxygen atoms in total. The first kappa shape index (κ1) is 18.9. The van der Waals surface area contributed by atoms with E-state index < -0.39 is 11.6 Å². The number of amides is 2. The lowest BCUT2D eigenvalue weighted by Crippen LogP contribution is -2.39. The number of carbonyl (C=O) groups is 1. The van der Waals surface area contributed by atoms with Crippen molar-refractivity contribution in [1.82, 2.24) is 15.5 Å². The van der Waals surface area contributed by atoms with E-state index in [4.69, 9.17) is 0 Å². The van der Waals surface area contributed by atoms with Gasteiger partial charge in [-0.25, -0.2) is 13.6 Å². The zero-order chi connectivity index (χ0) is 18.4. The van der Waals surface area contributed by atoms with E-state index in [-0.39, 0.29) is 6.03 Å². The number of nitrogens with zero attached hydrogens (tertiary/aromatic N) is 2. The minimum atomic E-state index is -0.826. The van der Waals surface area contributed by atoms with E-state index in [1.165, 1.54) is 32.0 Å². The lowest BCUT2D eigenvalue weighted by atomic mass is 10.1. The topological polar surface area (TPSA) is 47.6 Å². The second kappa shape index (κ2) is 9.16. The van der Waals surface area contributed by atoms with Crippen LogP contribution in [0.1, 0.15) is 25.7 Å². The van der Waals surface area contributed by atoms with Gasteiger partial charge in [0, 0.05) is 37.9 Å². The third-order valence-corrected chi connectivity index (χ3v) is 5.24. The van der Waals surface area contributed by atoms with E-state index in [2.05, 4.69) is 15.5 Å². The van der Waals surface area contributed by atoms with Crippen LogP contribution in [0, 0.1) is 17.6 Å². The van der Waals surface area contributed by atoms with Crippen molar-refractivity contribution in [3.05, 3.63) is 29.8 Å². The molecule has 1 aromatic carbocycles. The van der Waals surface area contributed by atoms with Gasteiger partial charge in [0.15, 0.2) is 11.6 Å². The van der Waals surface area contributed by atoms with Crippen LogP contribution in [0.4, 0.5) is 19.3 Å². The maximum atomic E-state index is 13.4. The first-order chi connectivity index (χ1) is 12.6. The van der Waals surface area contributed by atoms with Crippen LogP contribution in [0.5, 0.6) is 0 Å². The predicted octanol–water partition coefficient (Wildman–Crippen LogP) is 2.58. The number of likely N-dealkylation sites (tertiary alicyclic amines) is 1. The highest BCUT2D eigenvalue weighted by Gasteiger charge is 2.23. The van der Waals surface area contributed by atoms with Crippen molar-refractivity contribution >= 4 is 11.7 Å². The van der Waals surface area contributed by atoms with Gasteiger partial charge in [0.25, 0.3) is 0 Å². The van der Waals surface area contributed by atoms with Crippen LogP contribution in [0.3, 0.4) is 0 Å². The fourth-order valence-corrected chi connectivity index (χ4v) is 3.73. The zero-order valence-corrected chi connectivity index (χ0v) is 15.1. The molecule has 2 fully saturated rings. The van der Waals surface area contributed by atoms with Gasteiger partial charge < -0.3 is 20.4 Å². The molecular weight excluding hydrogens is 338 g/mol. The number of hydrogen-bond acceptors (Lipinski definition) is 3. The molecule has 2 amide bonds. The Morgan fingerprint density at radius 3 is 2.69 bits per heavy atom. The van der Waals surface area contributed by atoms with Gasteiger partial charge in [-0.15, -0.1) is 0 Å². The Kier molecular flexibility index (Phi) is 6.66. The molecule has 2 aliphatic heterocycles. The number of anilines is 1. The molecule has 0 spiro atoms. The molecule has 1 aromatic rings. The lowest BCUT2D eigenvalue weighted by Gasteiger charge is -2.19. The summed E-state index contributed by atoms with van der Waals surface area (Å²) in [4.78, 5) is 16.4. The summed E-state index contributed by atoms with van der Waals surface area (Å²) >= 11 is 0. The largest absolute Gasteiger partial charge is 0.371 e. The molecule has 0 aromatic heterocycles. The third kappa shape index (κ3) is 5.30. The normalized spacial score (nSPS) is 20.5. The third-order valence-electron chi connectivity index (χ3n) is 5.24. The van der Waals surface area contributed by atoms with E-state index >= 15 is 0 Å². The molecule has 0 bridgehead atoms. The highest BCUT2D eigenvalue weighted by atomic mass is 19.2. The van der Waals surface area contributed by atoms with E-state index in [1.54, 1.807) is 6.07 Å². The van der Waals surface area contributed by atoms with Crippen molar-refractivity contribution in [3.63, 3.8) is 0 Å². The number of benzene rings is 1. The number of rotatable bonds is 7. The van der Waals surface area contributed by atoms with Crippen LogP contribution < -0.4 is 15.5 Å². The Bertz CT molecular complexity index is 607. The van der Waals surface area contributed by atoms with Crippen LogP contribution in [0.25, 0.3) is 0 Å². The molecule has 2 aliphatic rings. The highest BCUT2D eigenvalue weighted by Crippen LogP contribution is 2.24. The Hall–Kier alpha value is -1.89. The number of nitrogens with one attached hydrogen (secondary N) is 2. The fourth-order valence-electron chi connectivity index (χ4n) is 3.73. The highest BCUT2D eigenvalue weighted by molar-refractivity contribution is 5.73. The minimum absolute atomic E-state index is 0.127. The molecule has 1 atom stereocenters. The molecule has 2 heterocycles. The van der Waals surface area contributed by atoms with E-state index in [0.717, 1.165) is 38.5 Å². The van der Waals surface area contributed by atoms with Crippen molar-refractivity contribution in [1.29, 1.82) is 0 Å². The van der Waals surface area contributed by atoms with E-state index in [1.807, 2.05) is 4.90 Å². The molecule has 0 aliphatic carbocycles. The molecule has 2 N–H and O–H groups in total. The Morgan fingerprint density at radius 2 is 1.92 bits per heavy atom. The summed E-state index contributed by atoms with van der Waals surface area (Å²) in [6, 6.07) is 3.86. The summed E-state index contributed by atoms with van der Waals surface area (Å²) in [5.41, 5.74) is 0.692. The van der Waals surface area contributed by atoms with Gasteiger partial charge in [0.1, 0.15) is 0 Å². The number of halogens is 2. The van der Waals surface area contributed by atoms with E-state index in [0.29, 0.717) is 24.7 Å². The molecule has 3 rings (SSSR count). The number of urea groups is 1. The quantitative estimate of drug-likeness (QED) is 0.729. The maximum Gasteiger partial charge on any atom is 0.314 e. The number of hydrogen-bond donors (Lipinski definition) is 2. The average molecular weight is 366 g/mol. The van der Waals surface area contributed by atoms with Gasteiger partial charge in [-0.05, 0) is 63.4 Å². The van der Waals surface area contributed by atoms with Crippen molar-refractivity contribution in [2.75, 3.05) is 50.7 Å². The van der Waals surface area contributed by atoms with Gasteiger partial charge in [0.05, 0.1) is 0 Å².